The highest BCUT2D eigenvalue weighted by atomic mass is 32.1. The average Bonchev–Trinajstić information content (AvgIpc) is 2.92. The third-order valence-electron chi connectivity index (χ3n) is 2.69. The Bertz CT molecular complexity index is 525. The van der Waals surface area contributed by atoms with Gasteiger partial charge in [-0.3, -0.25) is 4.79 Å². The minimum Gasteiger partial charge on any atom is -0.325 e. The van der Waals surface area contributed by atoms with Gasteiger partial charge in [0.15, 0.2) is 0 Å². The monoisotopic (exact) mass is 275 g/mol. The van der Waals surface area contributed by atoms with Crippen LogP contribution in [0.1, 0.15) is 18.2 Å². The maximum absolute atomic E-state index is 11.7. The zero-order chi connectivity index (χ0) is 13.5. The Kier molecular flexibility index (Phi) is 5.06. The van der Waals surface area contributed by atoms with Gasteiger partial charge in [-0.05, 0) is 24.1 Å². The van der Waals surface area contributed by atoms with Gasteiger partial charge in [0.1, 0.15) is 0 Å². The van der Waals surface area contributed by atoms with Crippen molar-refractivity contribution < 1.29 is 4.79 Å². The molecule has 2 rings (SSSR count). The molecule has 1 aromatic heterocycles. The molecule has 0 saturated carbocycles. The van der Waals surface area contributed by atoms with E-state index in [-0.39, 0.29) is 12.5 Å². The summed E-state index contributed by atoms with van der Waals surface area (Å²) in [4.78, 5) is 15.9. The van der Waals surface area contributed by atoms with E-state index >= 15 is 0 Å². The lowest BCUT2D eigenvalue weighted by Gasteiger charge is -2.07. The molecule has 0 bridgehead atoms. The van der Waals surface area contributed by atoms with Gasteiger partial charge in [0, 0.05) is 17.6 Å². The smallest absolute Gasteiger partial charge is 0.238 e. The number of hydrogen-bond donors (Lipinski definition) is 2. The van der Waals surface area contributed by atoms with Gasteiger partial charge >= 0.3 is 0 Å². The number of carbonyl (C=O) groups excluding carboxylic acids is 1. The number of hydrogen-bond acceptors (Lipinski definition) is 4. The lowest BCUT2D eigenvalue weighted by molar-refractivity contribution is -0.115. The van der Waals surface area contributed by atoms with Crippen molar-refractivity contribution in [2.45, 2.75) is 19.9 Å². The van der Waals surface area contributed by atoms with Gasteiger partial charge in [-0.1, -0.05) is 19.1 Å². The number of anilines is 1. The molecule has 2 N–H and O–H groups in total. The van der Waals surface area contributed by atoms with Gasteiger partial charge < -0.3 is 10.6 Å². The molecule has 0 atom stereocenters. The molecule has 100 valence electrons. The summed E-state index contributed by atoms with van der Waals surface area (Å²) in [6.45, 7) is 3.00. The van der Waals surface area contributed by atoms with Gasteiger partial charge in [-0.15, -0.1) is 11.3 Å². The van der Waals surface area contributed by atoms with Crippen molar-refractivity contribution in [3.8, 4) is 0 Å². The quantitative estimate of drug-likeness (QED) is 0.851. The number of nitrogens with zero attached hydrogens (tertiary/aromatic N) is 1. The van der Waals surface area contributed by atoms with Crippen molar-refractivity contribution in [3.63, 3.8) is 0 Å². The highest BCUT2D eigenvalue weighted by Crippen LogP contribution is 2.10. The summed E-state index contributed by atoms with van der Waals surface area (Å²) < 4.78 is 0. The molecule has 2 aromatic rings. The van der Waals surface area contributed by atoms with E-state index in [9.17, 15) is 4.79 Å². The number of thiazole rings is 1. The second kappa shape index (κ2) is 7.01. The molecular weight excluding hydrogens is 258 g/mol. The van der Waals surface area contributed by atoms with Gasteiger partial charge in [-0.2, -0.15) is 0 Å². The van der Waals surface area contributed by atoms with Gasteiger partial charge in [0.05, 0.1) is 17.7 Å². The van der Waals surface area contributed by atoms with E-state index in [1.807, 2.05) is 23.6 Å². The molecular formula is C14H17N3OS. The highest BCUT2D eigenvalue weighted by Gasteiger charge is 2.03. The number of amides is 1. The molecule has 0 aliphatic heterocycles. The zero-order valence-corrected chi connectivity index (χ0v) is 11.7. The molecule has 0 aliphatic rings. The number of aromatic nitrogens is 1. The van der Waals surface area contributed by atoms with E-state index in [4.69, 9.17) is 0 Å². The molecule has 5 heteroatoms. The van der Waals surface area contributed by atoms with Crippen LogP contribution in [0.5, 0.6) is 0 Å². The summed E-state index contributed by atoms with van der Waals surface area (Å²) in [6, 6.07) is 7.91. The SMILES string of the molecule is CCc1cccc(NC(=O)CNCc2cscn2)c1. The van der Waals surface area contributed by atoms with Crippen LogP contribution in [0.15, 0.2) is 35.2 Å². The molecule has 0 saturated heterocycles. The van der Waals surface area contributed by atoms with Crippen LogP contribution in [0.4, 0.5) is 5.69 Å². The molecule has 0 aliphatic carbocycles. The summed E-state index contributed by atoms with van der Waals surface area (Å²) in [6.07, 6.45) is 0.964. The van der Waals surface area contributed by atoms with Crippen LogP contribution in [-0.4, -0.2) is 17.4 Å². The minimum atomic E-state index is -0.0384. The summed E-state index contributed by atoms with van der Waals surface area (Å²) in [5.41, 5.74) is 4.81. The predicted octanol–water partition coefficient (Wildman–Crippen LogP) is 2.43. The lowest BCUT2D eigenvalue weighted by atomic mass is 10.1. The average molecular weight is 275 g/mol. The van der Waals surface area contributed by atoms with E-state index in [2.05, 4.69) is 28.6 Å². The molecule has 19 heavy (non-hydrogen) atoms. The first-order chi connectivity index (χ1) is 9.28. The van der Waals surface area contributed by atoms with E-state index < -0.39 is 0 Å². The van der Waals surface area contributed by atoms with Crippen LogP contribution in [0.25, 0.3) is 0 Å². The highest BCUT2D eigenvalue weighted by molar-refractivity contribution is 7.07. The number of benzene rings is 1. The largest absolute Gasteiger partial charge is 0.325 e. The Balaban J connectivity index is 1.77. The van der Waals surface area contributed by atoms with Crippen molar-refractivity contribution >= 4 is 22.9 Å². The second-order valence-corrected chi connectivity index (χ2v) is 4.90. The number of aryl methyl sites for hydroxylation is 1. The minimum absolute atomic E-state index is 0.0384. The molecule has 0 radical (unpaired) electrons. The predicted molar refractivity (Wildman–Crippen MR) is 78.3 cm³/mol. The number of rotatable bonds is 6. The van der Waals surface area contributed by atoms with Crippen LogP contribution in [-0.2, 0) is 17.8 Å². The van der Waals surface area contributed by atoms with Crippen LogP contribution < -0.4 is 10.6 Å². The third kappa shape index (κ3) is 4.46. The van der Waals surface area contributed by atoms with Crippen molar-refractivity contribution in [1.82, 2.24) is 10.3 Å². The molecule has 0 unspecified atom stereocenters. The fourth-order valence-corrected chi connectivity index (χ4v) is 2.26. The molecule has 1 amide bonds. The number of nitrogens with one attached hydrogen (secondary N) is 2. The normalized spacial score (nSPS) is 10.4. The summed E-state index contributed by atoms with van der Waals surface area (Å²) in [7, 11) is 0. The number of carbonyl (C=O) groups is 1. The Labute approximate surface area is 116 Å². The van der Waals surface area contributed by atoms with Crippen molar-refractivity contribution in [1.29, 1.82) is 0 Å². The molecule has 0 fully saturated rings. The molecule has 0 spiro atoms. The van der Waals surface area contributed by atoms with E-state index in [1.54, 1.807) is 16.8 Å². The van der Waals surface area contributed by atoms with E-state index in [1.165, 1.54) is 5.56 Å². The Hall–Kier alpha value is -1.72. The first-order valence-corrected chi connectivity index (χ1v) is 7.19. The fraction of sp³-hybridized carbons (Fsp3) is 0.286. The maximum atomic E-state index is 11.7. The molecule has 1 aromatic carbocycles. The maximum Gasteiger partial charge on any atom is 0.238 e. The topological polar surface area (TPSA) is 54.0 Å². The van der Waals surface area contributed by atoms with Crippen LogP contribution >= 0.6 is 11.3 Å². The van der Waals surface area contributed by atoms with Crippen molar-refractivity contribution in [2.24, 2.45) is 0 Å². The Morgan fingerprint density at radius 1 is 1.42 bits per heavy atom. The third-order valence-corrected chi connectivity index (χ3v) is 3.33. The summed E-state index contributed by atoms with van der Waals surface area (Å²) >= 11 is 1.55. The summed E-state index contributed by atoms with van der Waals surface area (Å²) in [5, 5.41) is 7.91. The second-order valence-electron chi connectivity index (χ2n) is 4.19. The van der Waals surface area contributed by atoms with Gasteiger partial charge in [0.2, 0.25) is 5.91 Å². The Morgan fingerprint density at radius 3 is 3.05 bits per heavy atom. The van der Waals surface area contributed by atoms with Crippen LogP contribution in [0.3, 0.4) is 0 Å². The first kappa shape index (κ1) is 13.7. The fourth-order valence-electron chi connectivity index (χ4n) is 1.70. The summed E-state index contributed by atoms with van der Waals surface area (Å²) in [5.74, 6) is -0.0384. The van der Waals surface area contributed by atoms with E-state index in [0.717, 1.165) is 17.8 Å². The van der Waals surface area contributed by atoms with Crippen molar-refractivity contribution in [3.05, 3.63) is 46.4 Å². The van der Waals surface area contributed by atoms with Gasteiger partial charge in [-0.25, -0.2) is 4.98 Å². The standard InChI is InChI=1S/C14H17N3OS/c1-2-11-4-3-5-12(6-11)17-14(18)8-15-7-13-9-19-10-16-13/h3-6,9-10,15H,2,7-8H2,1H3,(H,17,18). The lowest BCUT2D eigenvalue weighted by Crippen LogP contribution is -2.27. The molecule has 1 heterocycles. The Morgan fingerprint density at radius 2 is 2.32 bits per heavy atom. The van der Waals surface area contributed by atoms with Crippen LogP contribution in [0.2, 0.25) is 0 Å². The van der Waals surface area contributed by atoms with Gasteiger partial charge in [0.25, 0.3) is 0 Å². The molecule has 4 nitrogen and oxygen atoms in total. The van der Waals surface area contributed by atoms with E-state index in [0.29, 0.717) is 6.54 Å². The van der Waals surface area contributed by atoms with Crippen LogP contribution in [0, 0.1) is 0 Å². The van der Waals surface area contributed by atoms with Crippen molar-refractivity contribution in [2.75, 3.05) is 11.9 Å². The first-order valence-electron chi connectivity index (χ1n) is 6.24. The zero-order valence-electron chi connectivity index (χ0n) is 10.8.